The van der Waals surface area contributed by atoms with Gasteiger partial charge in [-0.3, -0.25) is 0 Å². The first-order valence-electron chi connectivity index (χ1n) is 5.19. The third-order valence-corrected chi connectivity index (χ3v) is 4.05. The van der Waals surface area contributed by atoms with Crippen LogP contribution >= 0.6 is 0 Å². The van der Waals surface area contributed by atoms with Crippen molar-refractivity contribution in [2.45, 2.75) is 11.0 Å². The van der Waals surface area contributed by atoms with Gasteiger partial charge in [-0.25, -0.2) is 8.42 Å². The zero-order valence-corrected chi connectivity index (χ0v) is 10.7. The van der Waals surface area contributed by atoms with Gasteiger partial charge < -0.3 is 15.2 Å². The number of benzene rings is 1. The van der Waals surface area contributed by atoms with Crippen molar-refractivity contribution in [2.24, 2.45) is 0 Å². The Labute approximate surface area is 101 Å². The molecule has 0 aromatic heterocycles. The predicted molar refractivity (Wildman–Crippen MR) is 65.0 cm³/mol. The van der Waals surface area contributed by atoms with Crippen LogP contribution in [0.1, 0.15) is 0 Å². The average molecular weight is 259 g/mol. The molecule has 17 heavy (non-hydrogen) atoms. The molecule has 0 bridgehead atoms. The first kappa shape index (κ1) is 14.0. The van der Waals surface area contributed by atoms with Gasteiger partial charge in [-0.15, -0.1) is 0 Å². The van der Waals surface area contributed by atoms with E-state index in [-0.39, 0.29) is 17.2 Å². The molecular formula is C11H17NO4S. The zero-order valence-electron chi connectivity index (χ0n) is 9.88. The van der Waals surface area contributed by atoms with E-state index in [2.05, 4.69) is 5.32 Å². The highest BCUT2D eigenvalue weighted by atomic mass is 32.2. The summed E-state index contributed by atoms with van der Waals surface area (Å²) in [5.74, 6) is 0.176. The fourth-order valence-electron chi connectivity index (χ4n) is 1.44. The second-order valence-electron chi connectivity index (χ2n) is 3.67. The SMILES string of the molecule is CNCC(O)CS(=O)(=O)c1cccc(OC)c1. The Balaban J connectivity index is 2.89. The smallest absolute Gasteiger partial charge is 0.181 e. The lowest BCUT2D eigenvalue weighted by Crippen LogP contribution is -2.30. The van der Waals surface area contributed by atoms with Crippen LogP contribution in [0, 0.1) is 0 Å². The molecule has 0 radical (unpaired) electrons. The topological polar surface area (TPSA) is 75.6 Å². The molecular weight excluding hydrogens is 242 g/mol. The maximum atomic E-state index is 11.9. The number of likely N-dealkylation sites (N-methyl/N-ethyl adjacent to an activating group) is 1. The zero-order chi connectivity index (χ0) is 12.9. The molecule has 0 aliphatic carbocycles. The molecule has 0 aliphatic heterocycles. The van der Waals surface area contributed by atoms with Crippen molar-refractivity contribution in [1.29, 1.82) is 0 Å². The molecule has 1 unspecified atom stereocenters. The molecule has 1 aromatic rings. The van der Waals surface area contributed by atoms with Gasteiger partial charge in [-0.1, -0.05) is 6.07 Å². The van der Waals surface area contributed by atoms with Crippen molar-refractivity contribution in [3.05, 3.63) is 24.3 Å². The molecule has 6 heteroatoms. The number of aliphatic hydroxyl groups excluding tert-OH is 1. The van der Waals surface area contributed by atoms with Crippen molar-refractivity contribution in [2.75, 3.05) is 26.5 Å². The lowest BCUT2D eigenvalue weighted by Gasteiger charge is -2.11. The first-order valence-corrected chi connectivity index (χ1v) is 6.84. The van der Waals surface area contributed by atoms with Crippen molar-refractivity contribution in [3.8, 4) is 5.75 Å². The Hall–Kier alpha value is -1.11. The minimum absolute atomic E-state index is 0.159. The summed E-state index contributed by atoms with van der Waals surface area (Å²) in [7, 11) is -0.356. The lowest BCUT2D eigenvalue weighted by atomic mass is 10.3. The van der Waals surface area contributed by atoms with Crippen LogP contribution < -0.4 is 10.1 Å². The van der Waals surface area contributed by atoms with Gasteiger partial charge in [-0.2, -0.15) is 0 Å². The molecule has 0 saturated carbocycles. The molecule has 2 N–H and O–H groups in total. The van der Waals surface area contributed by atoms with E-state index in [9.17, 15) is 13.5 Å². The summed E-state index contributed by atoms with van der Waals surface area (Å²) in [5, 5.41) is 12.2. The summed E-state index contributed by atoms with van der Waals surface area (Å²) in [6.07, 6.45) is -0.920. The number of hydrogen-bond donors (Lipinski definition) is 2. The summed E-state index contributed by atoms with van der Waals surface area (Å²) >= 11 is 0. The van der Waals surface area contributed by atoms with Crippen molar-refractivity contribution in [3.63, 3.8) is 0 Å². The highest BCUT2D eigenvalue weighted by molar-refractivity contribution is 7.91. The maximum absolute atomic E-state index is 11.9. The van der Waals surface area contributed by atoms with E-state index < -0.39 is 15.9 Å². The van der Waals surface area contributed by atoms with Crippen LogP contribution in [-0.4, -0.2) is 46.1 Å². The number of hydrogen-bond acceptors (Lipinski definition) is 5. The van der Waals surface area contributed by atoms with Crippen molar-refractivity contribution in [1.82, 2.24) is 5.32 Å². The molecule has 1 rings (SSSR count). The van der Waals surface area contributed by atoms with E-state index >= 15 is 0 Å². The van der Waals surface area contributed by atoms with E-state index in [0.717, 1.165) is 0 Å². The number of rotatable bonds is 6. The molecule has 0 saturated heterocycles. The van der Waals surface area contributed by atoms with Gasteiger partial charge in [0.1, 0.15) is 5.75 Å². The summed E-state index contributed by atoms with van der Waals surface area (Å²) < 4.78 is 28.8. The number of aliphatic hydroxyl groups is 1. The van der Waals surface area contributed by atoms with E-state index in [0.29, 0.717) is 5.75 Å². The number of ether oxygens (including phenoxy) is 1. The van der Waals surface area contributed by atoms with Gasteiger partial charge in [0, 0.05) is 6.54 Å². The van der Waals surface area contributed by atoms with E-state index in [4.69, 9.17) is 4.74 Å². The molecule has 1 aromatic carbocycles. The second kappa shape index (κ2) is 6.00. The molecule has 96 valence electrons. The minimum atomic E-state index is -3.48. The molecule has 0 heterocycles. The fourth-order valence-corrected chi connectivity index (χ4v) is 2.84. The quantitative estimate of drug-likeness (QED) is 0.755. The highest BCUT2D eigenvalue weighted by Crippen LogP contribution is 2.18. The van der Waals surface area contributed by atoms with Crippen LogP contribution in [0.5, 0.6) is 5.75 Å². The van der Waals surface area contributed by atoms with E-state index in [1.807, 2.05) is 0 Å². The monoisotopic (exact) mass is 259 g/mol. The summed E-state index contributed by atoms with van der Waals surface area (Å²) in [5.41, 5.74) is 0. The van der Waals surface area contributed by atoms with Gasteiger partial charge in [0.15, 0.2) is 9.84 Å². The Kier molecular flexibility index (Phi) is 4.92. The number of methoxy groups -OCH3 is 1. The standard InChI is InChI=1S/C11H17NO4S/c1-12-7-9(13)8-17(14,15)11-5-3-4-10(6-11)16-2/h3-6,9,12-13H,7-8H2,1-2H3. The Morgan fingerprint density at radius 1 is 1.47 bits per heavy atom. The molecule has 5 nitrogen and oxygen atoms in total. The first-order chi connectivity index (χ1) is 7.99. The highest BCUT2D eigenvalue weighted by Gasteiger charge is 2.19. The Morgan fingerprint density at radius 2 is 2.18 bits per heavy atom. The van der Waals surface area contributed by atoms with Crippen LogP contribution in [-0.2, 0) is 9.84 Å². The maximum Gasteiger partial charge on any atom is 0.181 e. The molecule has 1 atom stereocenters. The minimum Gasteiger partial charge on any atom is -0.497 e. The lowest BCUT2D eigenvalue weighted by molar-refractivity contribution is 0.196. The Morgan fingerprint density at radius 3 is 2.76 bits per heavy atom. The predicted octanol–water partition coefficient (Wildman–Crippen LogP) is 0.0492. The summed E-state index contributed by atoms with van der Waals surface area (Å²) in [4.78, 5) is 0.159. The Bertz CT molecular complexity index is 458. The number of nitrogens with one attached hydrogen (secondary N) is 1. The second-order valence-corrected chi connectivity index (χ2v) is 5.71. The van der Waals surface area contributed by atoms with Gasteiger partial charge in [0.2, 0.25) is 0 Å². The normalized spacial score (nSPS) is 13.4. The molecule has 0 spiro atoms. The van der Waals surface area contributed by atoms with Crippen molar-refractivity contribution >= 4 is 9.84 Å². The van der Waals surface area contributed by atoms with Gasteiger partial charge >= 0.3 is 0 Å². The van der Waals surface area contributed by atoms with Crippen LogP contribution in [0.3, 0.4) is 0 Å². The van der Waals surface area contributed by atoms with Crippen LogP contribution in [0.15, 0.2) is 29.2 Å². The summed E-state index contributed by atoms with van der Waals surface area (Å²) in [6.45, 7) is 0.239. The average Bonchev–Trinajstić information content (AvgIpc) is 2.28. The third-order valence-electron chi connectivity index (χ3n) is 2.25. The third kappa shape index (κ3) is 3.99. The van der Waals surface area contributed by atoms with Gasteiger partial charge in [0.05, 0.1) is 23.9 Å². The van der Waals surface area contributed by atoms with E-state index in [1.54, 1.807) is 19.2 Å². The van der Waals surface area contributed by atoms with Gasteiger partial charge in [-0.05, 0) is 25.2 Å². The van der Waals surface area contributed by atoms with Crippen LogP contribution in [0.4, 0.5) is 0 Å². The van der Waals surface area contributed by atoms with E-state index in [1.165, 1.54) is 19.2 Å². The largest absolute Gasteiger partial charge is 0.497 e. The van der Waals surface area contributed by atoms with Crippen molar-refractivity contribution < 1.29 is 18.3 Å². The molecule has 0 aliphatic rings. The van der Waals surface area contributed by atoms with Crippen LogP contribution in [0.2, 0.25) is 0 Å². The van der Waals surface area contributed by atoms with Crippen LogP contribution in [0.25, 0.3) is 0 Å². The summed E-state index contributed by atoms with van der Waals surface area (Å²) in [6, 6.07) is 6.21. The van der Waals surface area contributed by atoms with Gasteiger partial charge in [0.25, 0.3) is 0 Å². The molecule has 0 fully saturated rings. The fraction of sp³-hybridized carbons (Fsp3) is 0.455. The molecule has 0 amide bonds. The number of sulfone groups is 1.